The van der Waals surface area contributed by atoms with Crippen LogP contribution >= 0.6 is 0 Å². The van der Waals surface area contributed by atoms with Crippen molar-refractivity contribution in [2.75, 3.05) is 26.9 Å². The van der Waals surface area contributed by atoms with Crippen LogP contribution in [-0.4, -0.2) is 26.2 Å². The molecule has 0 aliphatic heterocycles. The van der Waals surface area contributed by atoms with Gasteiger partial charge in [-0.2, -0.15) is 0 Å². The van der Waals surface area contributed by atoms with E-state index < -0.39 is 0 Å². The number of rotatable bonds is 0. The molecule has 0 unspecified atom stereocenters. The van der Waals surface area contributed by atoms with Crippen molar-refractivity contribution in [2.45, 2.75) is 6.92 Å². The van der Waals surface area contributed by atoms with Gasteiger partial charge in [-0.05, 0) is 47.5 Å². The van der Waals surface area contributed by atoms with Crippen molar-refractivity contribution in [3.63, 3.8) is 0 Å². The Bertz CT molecular complexity index is 709. The first-order valence-electron chi connectivity index (χ1n) is 7.65. The number of phenols is 1. The third-order valence-corrected chi connectivity index (χ3v) is 2.78. The molecule has 4 heteroatoms. The van der Waals surface area contributed by atoms with Gasteiger partial charge in [0, 0.05) is 5.69 Å². The van der Waals surface area contributed by atoms with Gasteiger partial charge in [-0.1, -0.05) is 42.5 Å². The highest BCUT2D eigenvalue weighted by Gasteiger charge is 1.91. The number of nitrogens with two attached hydrogens (primary N) is 1. The molecule has 0 bridgehead atoms. The fraction of sp³-hybridized carbons (Fsp3) is 0.200. The van der Waals surface area contributed by atoms with Gasteiger partial charge in [-0.15, -0.1) is 0 Å². The van der Waals surface area contributed by atoms with Gasteiger partial charge in [0.1, 0.15) is 5.75 Å². The van der Waals surface area contributed by atoms with Crippen LogP contribution in [0.2, 0.25) is 0 Å². The topological polar surface area (TPSA) is 50.7 Å². The summed E-state index contributed by atoms with van der Waals surface area (Å²) in [5.41, 5.74) is 7.51. The maximum atomic E-state index is 9.13. The van der Waals surface area contributed by atoms with E-state index >= 15 is 0 Å². The lowest BCUT2D eigenvalue weighted by molar-refractivity contribution is -0.836. The lowest BCUT2D eigenvalue weighted by Gasteiger charge is -1.96. The number of anilines is 1. The Morgan fingerprint density at radius 1 is 0.792 bits per heavy atom. The van der Waals surface area contributed by atoms with Crippen LogP contribution < -0.4 is 23.0 Å². The molecule has 3 aromatic rings. The summed E-state index contributed by atoms with van der Waals surface area (Å²) < 4.78 is 0. The zero-order chi connectivity index (χ0) is 17.2. The first-order valence-corrected chi connectivity index (χ1v) is 7.65. The van der Waals surface area contributed by atoms with E-state index in [4.69, 9.17) is 10.8 Å². The Kier molecular flexibility index (Phi) is 10.3. The minimum atomic E-state index is 0. The highest BCUT2D eigenvalue weighted by atomic mass is 35.5. The number of quaternary nitrogens is 1. The molecule has 0 radical (unpaired) electrons. The normalized spacial score (nSPS) is 9.21. The summed E-state index contributed by atoms with van der Waals surface area (Å²) in [6.07, 6.45) is 0. The Morgan fingerprint density at radius 3 is 1.88 bits per heavy atom. The summed E-state index contributed by atoms with van der Waals surface area (Å²) in [6, 6.07) is 21.1. The molecular weight excluding hydrogens is 320 g/mol. The zero-order valence-electron chi connectivity index (χ0n) is 14.8. The maximum Gasteiger partial charge on any atom is 0.116 e. The molecule has 0 spiro atoms. The molecule has 24 heavy (non-hydrogen) atoms. The number of halogens is 1. The number of aryl methyl sites for hydroxylation is 1. The Morgan fingerprint density at radius 2 is 1.38 bits per heavy atom. The molecule has 0 aromatic heterocycles. The summed E-state index contributed by atoms with van der Waals surface area (Å²) >= 11 is 0. The van der Waals surface area contributed by atoms with Gasteiger partial charge in [0.15, 0.2) is 0 Å². The molecule has 3 nitrogen and oxygen atoms in total. The highest BCUT2D eigenvalue weighted by Crippen LogP contribution is 2.18. The van der Waals surface area contributed by atoms with Crippen LogP contribution in [0.1, 0.15) is 5.56 Å². The smallest absolute Gasteiger partial charge is 0.116 e. The average Bonchev–Trinajstić information content (AvgIpc) is 2.47. The van der Waals surface area contributed by atoms with Gasteiger partial charge in [0.25, 0.3) is 0 Å². The Balaban J connectivity index is 0.000000362. The number of fused-ring (bicyclic) bond motifs is 1. The molecule has 4 N–H and O–H groups in total. The largest absolute Gasteiger partial charge is 1.00 e. The van der Waals surface area contributed by atoms with Gasteiger partial charge >= 0.3 is 0 Å². The molecule has 3 aromatic carbocycles. The predicted octanol–water partition coefficient (Wildman–Crippen LogP) is -0.113. The minimum Gasteiger partial charge on any atom is -1.00 e. The number of benzene rings is 3. The third-order valence-electron chi connectivity index (χ3n) is 2.78. The molecule has 0 aliphatic rings. The quantitative estimate of drug-likeness (QED) is 0.497. The van der Waals surface area contributed by atoms with Crippen LogP contribution in [0.3, 0.4) is 0 Å². The van der Waals surface area contributed by atoms with E-state index in [1.54, 1.807) is 12.1 Å². The standard InChI is InChI=1S/C10H8O.C7H9N.C3H9N.ClH/c11-10-6-5-8-3-1-2-4-9(8)7-10;1-6-3-2-4-7(8)5-6;1-4(2)3;/h1-7,11H;2-5H,8H2,1H3;1-3H3;1H. The van der Waals surface area contributed by atoms with Crippen molar-refractivity contribution in [1.82, 2.24) is 0 Å². The summed E-state index contributed by atoms with van der Waals surface area (Å²) in [6.45, 7) is 2.02. The molecule has 3 rings (SSSR count). The van der Waals surface area contributed by atoms with E-state index in [2.05, 4.69) is 21.1 Å². The summed E-state index contributed by atoms with van der Waals surface area (Å²) in [5.74, 6) is 0.323. The van der Waals surface area contributed by atoms with Crippen LogP contribution in [-0.2, 0) is 0 Å². The maximum absolute atomic E-state index is 9.13. The number of nitrogens with one attached hydrogen (secondary N) is 1. The fourth-order valence-corrected chi connectivity index (χ4v) is 1.85. The summed E-state index contributed by atoms with van der Waals surface area (Å²) in [4.78, 5) is 1.42. The molecule has 0 aliphatic carbocycles. The predicted molar refractivity (Wildman–Crippen MR) is 99.9 cm³/mol. The molecule has 0 amide bonds. The van der Waals surface area contributed by atoms with Crippen molar-refractivity contribution in [2.24, 2.45) is 0 Å². The van der Waals surface area contributed by atoms with Crippen LogP contribution in [0.15, 0.2) is 66.7 Å². The van der Waals surface area contributed by atoms with Crippen molar-refractivity contribution >= 4 is 16.5 Å². The van der Waals surface area contributed by atoms with Crippen molar-refractivity contribution in [1.29, 1.82) is 0 Å². The van der Waals surface area contributed by atoms with Gasteiger partial charge in [-0.25, -0.2) is 0 Å². The number of aromatic hydroxyl groups is 1. The summed E-state index contributed by atoms with van der Waals surface area (Å²) in [5, 5.41) is 11.4. The molecule has 0 saturated carbocycles. The average molecular weight is 347 g/mol. The van der Waals surface area contributed by atoms with Crippen LogP contribution in [0.25, 0.3) is 10.8 Å². The van der Waals surface area contributed by atoms with Crippen molar-refractivity contribution in [3.05, 3.63) is 72.3 Å². The van der Waals surface area contributed by atoms with E-state index in [0.717, 1.165) is 16.5 Å². The van der Waals surface area contributed by atoms with Crippen molar-refractivity contribution < 1.29 is 22.4 Å². The second-order valence-electron chi connectivity index (χ2n) is 5.95. The van der Waals surface area contributed by atoms with Crippen molar-refractivity contribution in [3.8, 4) is 5.75 Å². The Hall–Kier alpha value is -2.23. The highest BCUT2D eigenvalue weighted by molar-refractivity contribution is 5.83. The van der Waals surface area contributed by atoms with Crippen LogP contribution in [0.5, 0.6) is 5.75 Å². The minimum absolute atomic E-state index is 0. The first-order chi connectivity index (χ1) is 10.9. The number of phenolic OH excluding ortho intramolecular Hbond substituents is 1. The fourth-order valence-electron chi connectivity index (χ4n) is 1.85. The molecule has 0 heterocycles. The Labute approximate surface area is 151 Å². The van der Waals surface area contributed by atoms with Gasteiger partial charge in [0.2, 0.25) is 0 Å². The van der Waals surface area contributed by atoms with E-state index in [1.807, 2.05) is 61.5 Å². The second kappa shape index (κ2) is 11.3. The number of hydrogen-bond acceptors (Lipinski definition) is 2. The number of hydrogen-bond donors (Lipinski definition) is 3. The van der Waals surface area contributed by atoms with Gasteiger partial charge in [0.05, 0.1) is 21.1 Å². The lowest BCUT2D eigenvalue weighted by atomic mass is 10.1. The molecule has 130 valence electrons. The number of nitrogen functional groups attached to an aromatic ring is 1. The first kappa shape index (κ1) is 21.8. The van der Waals surface area contributed by atoms with E-state index in [9.17, 15) is 0 Å². The lowest BCUT2D eigenvalue weighted by Crippen LogP contribution is -3.02. The van der Waals surface area contributed by atoms with Crippen LogP contribution in [0.4, 0.5) is 5.69 Å². The second-order valence-corrected chi connectivity index (χ2v) is 5.95. The molecule has 0 fully saturated rings. The zero-order valence-corrected chi connectivity index (χ0v) is 15.5. The molecule has 0 saturated heterocycles. The monoisotopic (exact) mass is 346 g/mol. The van der Waals surface area contributed by atoms with Crippen LogP contribution in [0, 0.1) is 6.92 Å². The molecular formula is C20H27ClN2O. The van der Waals surface area contributed by atoms with E-state index in [1.165, 1.54) is 10.5 Å². The van der Waals surface area contributed by atoms with Gasteiger partial charge in [-0.3, -0.25) is 0 Å². The third kappa shape index (κ3) is 9.03. The van der Waals surface area contributed by atoms with E-state index in [-0.39, 0.29) is 12.4 Å². The summed E-state index contributed by atoms with van der Waals surface area (Å²) in [7, 11) is 6.25. The van der Waals surface area contributed by atoms with E-state index in [0.29, 0.717) is 5.75 Å². The SMILES string of the molecule is C[NH+](C)C.Cc1cccc(N)c1.Oc1ccc2ccccc2c1.[Cl-]. The molecule has 0 atom stereocenters. The van der Waals surface area contributed by atoms with Gasteiger partial charge < -0.3 is 28.1 Å².